The Morgan fingerprint density at radius 2 is 1.98 bits per heavy atom. The fraction of sp³-hybridized carbons (Fsp3) is 0.571. The first-order valence-electron chi connectivity index (χ1n) is 17.1. The summed E-state index contributed by atoms with van der Waals surface area (Å²) in [4.78, 5) is 15.8. The number of ether oxygens (including phenoxy) is 3. The van der Waals surface area contributed by atoms with E-state index >= 15 is 4.11 Å². The number of hydrogen-bond donors (Lipinski definition) is 3. The topological polar surface area (TPSA) is 131 Å². The summed E-state index contributed by atoms with van der Waals surface area (Å²) >= 11 is 0. The molecule has 48 heavy (non-hydrogen) atoms. The molecule has 5 atom stereocenters. The van der Waals surface area contributed by atoms with Crippen LogP contribution < -0.4 is 19.7 Å². The fourth-order valence-electron chi connectivity index (χ4n) is 7.07. The minimum absolute atomic E-state index is 0.00508. The van der Waals surface area contributed by atoms with E-state index in [0.29, 0.717) is 62.5 Å². The molecule has 2 aromatic carbocycles. The van der Waals surface area contributed by atoms with Gasteiger partial charge in [-0.3, -0.25) is 14.4 Å². The average Bonchev–Trinajstić information content (AvgIpc) is 3.50. The lowest BCUT2D eigenvalue weighted by Gasteiger charge is -2.43. The van der Waals surface area contributed by atoms with Gasteiger partial charge in [0.1, 0.15) is 17.6 Å². The Morgan fingerprint density at radius 1 is 1.17 bits per heavy atom. The zero-order valence-electron chi connectivity index (χ0n) is 28.7. The van der Waals surface area contributed by atoms with Crippen LogP contribution in [0.5, 0.6) is 11.5 Å². The molecule has 2 aliphatic heterocycles. The first-order chi connectivity index (χ1) is 23.1. The maximum atomic E-state index is 16.1. The number of halogens is 1. The van der Waals surface area contributed by atoms with Crippen LogP contribution in [-0.2, 0) is 28.9 Å². The van der Waals surface area contributed by atoms with E-state index in [9.17, 15) is 15.0 Å². The van der Waals surface area contributed by atoms with Gasteiger partial charge in [-0.1, -0.05) is 12.1 Å². The number of benzene rings is 2. The number of fused-ring (bicyclic) bond motifs is 2. The van der Waals surface area contributed by atoms with Crippen LogP contribution in [0.25, 0.3) is 0 Å². The van der Waals surface area contributed by atoms with Gasteiger partial charge >= 0.3 is 0 Å². The Kier molecular flexibility index (Phi) is 11.9. The summed E-state index contributed by atoms with van der Waals surface area (Å²) in [7, 11) is -1.57. The lowest BCUT2D eigenvalue weighted by atomic mass is 9.86. The lowest BCUT2D eigenvalue weighted by molar-refractivity contribution is -0.120. The number of aliphatic hydroxyl groups is 2. The number of nitrogens with zero attached hydrogens (tertiary/aromatic N) is 4. The lowest BCUT2D eigenvalue weighted by Crippen LogP contribution is -2.50. The number of nitrogens with one attached hydrogen (secondary N) is 1. The molecular weight excluding hydrogens is 633 g/mol. The van der Waals surface area contributed by atoms with Gasteiger partial charge in [0, 0.05) is 62.2 Å². The van der Waals surface area contributed by atoms with E-state index in [0.717, 1.165) is 29.0 Å². The Hall–Kier alpha value is -3.36. The number of aromatic nitrogens is 3. The standard InChI is InChI=1S/C35H50FN5O6Si/c1-6-46-27-10-11-30-24(19-27)20-29(37-15-7-8-17-42)35(44)41(30)26-9-12-31-28(21-26)33(45-3)23(2)34(47-31)32(48(4,5)36)13-16-40-22-25(14-18-43)38-39-40/h9-12,19,21-23,29,32-34,37,42-43H,6-8,13-18,20H2,1-5H3/t23-,29?,32?,33-,34-/m0/s1. The van der Waals surface area contributed by atoms with Crippen LogP contribution in [0.15, 0.2) is 42.6 Å². The number of anilines is 2. The Bertz CT molecular complexity index is 1530. The number of unbranched alkanes of at least 4 members (excludes halogenated alkanes) is 1. The molecule has 2 aliphatic rings. The maximum Gasteiger partial charge on any atom is 0.249 e. The molecule has 0 aliphatic carbocycles. The molecule has 0 radical (unpaired) electrons. The zero-order valence-corrected chi connectivity index (χ0v) is 29.7. The van der Waals surface area contributed by atoms with Crippen molar-refractivity contribution in [2.75, 3.05) is 38.4 Å². The van der Waals surface area contributed by atoms with Crippen molar-refractivity contribution in [2.45, 2.75) is 89.4 Å². The number of hydrogen-bond acceptors (Lipinski definition) is 9. The van der Waals surface area contributed by atoms with E-state index in [4.69, 9.17) is 14.2 Å². The number of aliphatic hydroxyl groups excluding tert-OH is 2. The van der Waals surface area contributed by atoms with Gasteiger partial charge < -0.3 is 33.8 Å². The smallest absolute Gasteiger partial charge is 0.249 e. The normalized spacial score (nSPS) is 21.4. The highest BCUT2D eigenvalue weighted by Crippen LogP contribution is 2.49. The van der Waals surface area contributed by atoms with Gasteiger partial charge in [0.25, 0.3) is 0 Å². The molecule has 0 bridgehead atoms. The summed E-state index contributed by atoms with van der Waals surface area (Å²) in [5.74, 6) is 1.14. The first-order valence-corrected chi connectivity index (χ1v) is 20.0. The molecule has 0 spiro atoms. The van der Waals surface area contributed by atoms with Crippen LogP contribution in [0.1, 0.15) is 56.0 Å². The summed E-state index contributed by atoms with van der Waals surface area (Å²) in [6.45, 7) is 9.17. The summed E-state index contributed by atoms with van der Waals surface area (Å²) in [6.07, 6.45) is 3.89. The third-order valence-corrected chi connectivity index (χ3v) is 11.9. The molecule has 5 rings (SSSR count). The number of carbonyl (C=O) groups is 1. The number of amides is 1. The molecule has 3 N–H and O–H groups in total. The van der Waals surface area contributed by atoms with Crippen molar-refractivity contribution in [2.24, 2.45) is 5.92 Å². The molecule has 1 amide bonds. The van der Waals surface area contributed by atoms with Gasteiger partial charge in [-0.25, -0.2) is 0 Å². The molecule has 262 valence electrons. The monoisotopic (exact) mass is 683 g/mol. The van der Waals surface area contributed by atoms with Crippen LogP contribution in [0.2, 0.25) is 18.6 Å². The maximum absolute atomic E-state index is 16.1. The second-order valence-electron chi connectivity index (χ2n) is 13.3. The van der Waals surface area contributed by atoms with E-state index in [1.54, 1.807) is 36.0 Å². The number of methoxy groups -OCH3 is 1. The van der Waals surface area contributed by atoms with E-state index in [2.05, 4.69) is 15.6 Å². The Balaban J connectivity index is 1.44. The predicted octanol–water partition coefficient (Wildman–Crippen LogP) is 4.88. The van der Waals surface area contributed by atoms with Crippen LogP contribution in [0.3, 0.4) is 0 Å². The van der Waals surface area contributed by atoms with Crippen molar-refractivity contribution in [3.05, 3.63) is 59.4 Å². The summed E-state index contributed by atoms with van der Waals surface area (Å²) in [5, 5.41) is 30.1. The van der Waals surface area contributed by atoms with Crippen molar-refractivity contribution in [3.8, 4) is 11.5 Å². The van der Waals surface area contributed by atoms with Crippen LogP contribution in [0, 0.1) is 5.92 Å². The minimum atomic E-state index is -3.23. The van der Waals surface area contributed by atoms with E-state index in [1.165, 1.54) is 0 Å². The molecule has 3 heterocycles. The summed E-state index contributed by atoms with van der Waals surface area (Å²) in [5.41, 5.74) is 3.67. The van der Waals surface area contributed by atoms with Crippen molar-refractivity contribution >= 4 is 25.7 Å². The molecule has 11 nitrogen and oxygen atoms in total. The van der Waals surface area contributed by atoms with Gasteiger partial charge in [-0.05, 0) is 94.2 Å². The number of carbonyl (C=O) groups excluding carboxylic acids is 1. The largest absolute Gasteiger partial charge is 0.494 e. The molecule has 13 heteroatoms. The predicted molar refractivity (Wildman–Crippen MR) is 184 cm³/mol. The average molecular weight is 684 g/mol. The first kappa shape index (κ1) is 35.9. The molecule has 2 unspecified atom stereocenters. The van der Waals surface area contributed by atoms with Crippen LogP contribution >= 0.6 is 0 Å². The zero-order chi connectivity index (χ0) is 34.4. The number of rotatable bonds is 16. The second-order valence-corrected chi connectivity index (χ2v) is 17.1. The van der Waals surface area contributed by atoms with E-state index < -0.39 is 20.6 Å². The second kappa shape index (κ2) is 15.9. The van der Waals surface area contributed by atoms with E-state index in [-0.39, 0.29) is 36.7 Å². The summed E-state index contributed by atoms with van der Waals surface area (Å²) in [6, 6.07) is 11.1. The van der Waals surface area contributed by atoms with Gasteiger partial charge in [0.05, 0.1) is 30.1 Å². The van der Waals surface area contributed by atoms with Crippen LogP contribution in [0.4, 0.5) is 15.5 Å². The third-order valence-electron chi connectivity index (χ3n) is 9.49. The fourth-order valence-corrected chi connectivity index (χ4v) is 9.04. The highest BCUT2D eigenvalue weighted by molar-refractivity contribution is 6.72. The van der Waals surface area contributed by atoms with Crippen molar-refractivity contribution < 1.29 is 33.3 Å². The molecule has 0 fully saturated rings. The number of aryl methyl sites for hydroxylation is 1. The third kappa shape index (κ3) is 7.92. The van der Waals surface area contributed by atoms with Gasteiger partial charge in [0.2, 0.25) is 14.3 Å². The quantitative estimate of drug-likeness (QED) is 0.110. The molecule has 3 aromatic rings. The Labute approximate surface area is 283 Å². The summed E-state index contributed by atoms with van der Waals surface area (Å²) < 4.78 is 36.3. The molecule has 0 saturated carbocycles. The van der Waals surface area contributed by atoms with Crippen LogP contribution in [-0.4, -0.2) is 85.1 Å². The highest BCUT2D eigenvalue weighted by atomic mass is 28.4. The molecular formula is C35H50FN5O6Si. The molecule has 1 aromatic heterocycles. The highest BCUT2D eigenvalue weighted by Gasteiger charge is 2.47. The van der Waals surface area contributed by atoms with E-state index in [1.807, 2.05) is 50.2 Å². The Morgan fingerprint density at radius 3 is 2.69 bits per heavy atom. The van der Waals surface area contributed by atoms with Gasteiger partial charge in [-0.2, -0.15) is 0 Å². The van der Waals surface area contributed by atoms with Crippen molar-refractivity contribution in [1.29, 1.82) is 0 Å². The molecule has 0 saturated heterocycles. The van der Waals surface area contributed by atoms with Crippen molar-refractivity contribution in [1.82, 2.24) is 20.3 Å². The van der Waals surface area contributed by atoms with Crippen molar-refractivity contribution in [3.63, 3.8) is 0 Å². The van der Waals surface area contributed by atoms with Gasteiger partial charge in [0.15, 0.2) is 0 Å². The minimum Gasteiger partial charge on any atom is -0.494 e. The SMILES string of the molecule is CCOc1ccc2c(c1)CC(NCCCCO)C(=O)N2c1ccc2c(c1)[C@@H](OC)[C@H](C)[C@@H](C(CCn1cc(CCO)nn1)[Si](C)(C)F)O2. The van der Waals surface area contributed by atoms with Gasteiger partial charge in [-0.15, -0.1) is 5.10 Å².